The van der Waals surface area contributed by atoms with Gasteiger partial charge in [-0.05, 0) is 68.0 Å². The number of carbonyl (C=O) groups is 1. The molecular formula is C28H36N2O5S. The number of hydrogen-bond acceptors (Lipinski definition) is 5. The number of fused-ring (bicyclic) bond motifs is 1. The van der Waals surface area contributed by atoms with E-state index < -0.39 is 22.2 Å². The summed E-state index contributed by atoms with van der Waals surface area (Å²) in [5.41, 5.74) is 2.75. The number of sulfonamides is 1. The van der Waals surface area contributed by atoms with Gasteiger partial charge in [-0.2, -0.15) is 4.31 Å². The maximum absolute atomic E-state index is 13.7. The molecule has 2 aromatic carbocycles. The van der Waals surface area contributed by atoms with E-state index in [1.807, 2.05) is 37.3 Å². The number of aliphatic hydroxyl groups excluding tert-OH is 1. The highest BCUT2D eigenvalue weighted by Crippen LogP contribution is 2.37. The number of benzene rings is 2. The van der Waals surface area contributed by atoms with E-state index >= 15 is 0 Å². The van der Waals surface area contributed by atoms with Crippen molar-refractivity contribution in [1.29, 1.82) is 0 Å². The minimum absolute atomic E-state index is 0.0944. The number of nitrogens with zero attached hydrogens (tertiary/aromatic N) is 2. The molecule has 2 aromatic rings. The third-order valence-corrected chi connectivity index (χ3v) is 9.17. The Labute approximate surface area is 214 Å². The van der Waals surface area contributed by atoms with Crippen molar-refractivity contribution in [3.63, 3.8) is 0 Å². The molecule has 36 heavy (non-hydrogen) atoms. The Kier molecular flexibility index (Phi) is 8.17. The number of carbonyl (C=O) groups excluding carboxylic acids is 1. The van der Waals surface area contributed by atoms with Gasteiger partial charge in [0.15, 0.2) is 0 Å². The zero-order chi connectivity index (χ0) is 25.9. The second-order valence-corrected chi connectivity index (χ2v) is 11.8. The van der Waals surface area contributed by atoms with Crippen LogP contribution in [0.25, 0.3) is 5.57 Å². The number of hydrogen-bond donors (Lipinski definition) is 1. The van der Waals surface area contributed by atoms with Gasteiger partial charge in [0.2, 0.25) is 10.0 Å². The first-order chi connectivity index (χ1) is 17.2. The molecule has 0 unspecified atom stereocenters. The number of ether oxygens (including phenoxy) is 1. The highest BCUT2D eigenvalue weighted by molar-refractivity contribution is 7.89. The maximum Gasteiger partial charge on any atom is 0.253 e. The summed E-state index contributed by atoms with van der Waals surface area (Å²) < 4.78 is 35.2. The molecular weight excluding hydrogens is 476 g/mol. The molecule has 1 heterocycles. The lowest BCUT2D eigenvalue weighted by molar-refractivity contribution is 0.0563. The molecule has 0 radical (unpaired) electrons. The van der Waals surface area contributed by atoms with Crippen LogP contribution >= 0.6 is 0 Å². The number of rotatable bonds is 6. The molecule has 0 saturated heterocycles. The molecule has 0 fully saturated rings. The summed E-state index contributed by atoms with van der Waals surface area (Å²) in [7, 11) is -2.16. The lowest BCUT2D eigenvalue weighted by Gasteiger charge is -2.37. The van der Waals surface area contributed by atoms with Crippen LogP contribution in [0.1, 0.15) is 55.5 Å². The van der Waals surface area contributed by atoms with Gasteiger partial charge in [0, 0.05) is 31.1 Å². The van der Waals surface area contributed by atoms with E-state index in [2.05, 4.69) is 6.08 Å². The van der Waals surface area contributed by atoms with Crippen LogP contribution in [0.15, 0.2) is 59.5 Å². The fraction of sp³-hybridized carbons (Fsp3) is 0.464. The van der Waals surface area contributed by atoms with Crippen molar-refractivity contribution >= 4 is 21.5 Å². The predicted molar refractivity (Wildman–Crippen MR) is 140 cm³/mol. The summed E-state index contributed by atoms with van der Waals surface area (Å²) in [4.78, 5) is 14.7. The molecule has 0 bridgehead atoms. The largest absolute Gasteiger partial charge is 0.487 e. The van der Waals surface area contributed by atoms with Gasteiger partial charge in [-0.15, -0.1) is 0 Å². The summed E-state index contributed by atoms with van der Waals surface area (Å²) in [5.74, 6) is -0.0558. The van der Waals surface area contributed by atoms with Crippen LogP contribution in [0.5, 0.6) is 5.75 Å². The van der Waals surface area contributed by atoms with Crippen molar-refractivity contribution in [3.8, 4) is 5.75 Å². The highest BCUT2D eigenvalue weighted by atomic mass is 32.2. The van der Waals surface area contributed by atoms with Crippen LogP contribution in [-0.2, 0) is 10.0 Å². The first-order valence-electron chi connectivity index (χ1n) is 12.7. The van der Waals surface area contributed by atoms with E-state index in [-0.39, 0.29) is 29.9 Å². The molecule has 0 saturated carbocycles. The molecule has 0 spiro atoms. The molecule has 2 aliphatic rings. The smallest absolute Gasteiger partial charge is 0.253 e. The zero-order valence-electron chi connectivity index (χ0n) is 21.3. The van der Waals surface area contributed by atoms with Gasteiger partial charge in [-0.3, -0.25) is 4.79 Å². The molecule has 194 valence electrons. The topological polar surface area (TPSA) is 87.2 Å². The lowest BCUT2D eigenvalue weighted by atomic mass is 9.93. The SMILES string of the molecule is C[C@@H]1CN([C@@H](C)CO)S(=O)(=O)c2ccc(C3=CCCCC3)cc2O[C@@H]1CN(C)C(=O)c1ccccc1. The summed E-state index contributed by atoms with van der Waals surface area (Å²) in [6, 6.07) is 13.8. The standard InChI is InChI=1S/C28H36N2O5S/c1-20-17-30(21(2)19-31)36(33,34)27-15-14-24(22-10-6-4-7-11-22)16-25(27)35-26(20)18-29(3)28(32)23-12-8-5-9-13-23/h5,8-10,12-16,20-21,26,31H,4,6-7,11,17-19H2,1-3H3/t20-,21+,26-/m1/s1. The summed E-state index contributed by atoms with van der Waals surface area (Å²) in [6.07, 6.45) is 6.01. The summed E-state index contributed by atoms with van der Waals surface area (Å²) in [5, 5.41) is 9.84. The Morgan fingerprint density at radius 2 is 1.94 bits per heavy atom. The molecule has 1 aliphatic carbocycles. The number of amides is 1. The van der Waals surface area contributed by atoms with Crippen LogP contribution in [0.3, 0.4) is 0 Å². The molecule has 1 N–H and O–H groups in total. The average molecular weight is 513 g/mol. The quantitative estimate of drug-likeness (QED) is 0.627. The minimum Gasteiger partial charge on any atom is -0.487 e. The Morgan fingerprint density at radius 3 is 2.61 bits per heavy atom. The molecule has 8 heteroatoms. The fourth-order valence-electron chi connectivity index (χ4n) is 4.90. The molecule has 3 atom stereocenters. The van der Waals surface area contributed by atoms with Gasteiger partial charge in [-0.25, -0.2) is 8.42 Å². The molecule has 0 aromatic heterocycles. The average Bonchev–Trinajstić information content (AvgIpc) is 2.90. The Morgan fingerprint density at radius 1 is 1.19 bits per heavy atom. The molecule has 4 rings (SSSR count). The molecule has 7 nitrogen and oxygen atoms in total. The minimum atomic E-state index is -3.90. The van der Waals surface area contributed by atoms with E-state index in [9.17, 15) is 18.3 Å². The Hall–Kier alpha value is -2.68. The maximum atomic E-state index is 13.7. The normalized spacial score (nSPS) is 22.8. The van der Waals surface area contributed by atoms with E-state index in [1.165, 1.54) is 9.88 Å². The molecule has 1 amide bonds. The van der Waals surface area contributed by atoms with Crippen LogP contribution in [0.2, 0.25) is 0 Å². The third kappa shape index (κ3) is 5.51. The first-order valence-corrected chi connectivity index (χ1v) is 14.1. The van der Waals surface area contributed by atoms with Crippen molar-refractivity contribution in [3.05, 3.63) is 65.7 Å². The highest BCUT2D eigenvalue weighted by Gasteiger charge is 2.38. The van der Waals surface area contributed by atoms with Gasteiger partial charge < -0.3 is 14.7 Å². The van der Waals surface area contributed by atoms with Gasteiger partial charge in [0.1, 0.15) is 16.7 Å². The van der Waals surface area contributed by atoms with Crippen LogP contribution in [0.4, 0.5) is 0 Å². The van der Waals surface area contributed by atoms with Crippen LogP contribution < -0.4 is 4.74 Å². The second-order valence-electron chi connectivity index (χ2n) is 9.93. The zero-order valence-corrected chi connectivity index (χ0v) is 22.1. The first kappa shape index (κ1) is 26.4. The van der Waals surface area contributed by atoms with Gasteiger partial charge in [-0.1, -0.05) is 37.3 Å². The van der Waals surface area contributed by atoms with Crippen molar-refractivity contribution < 1.29 is 23.1 Å². The molecule has 1 aliphatic heterocycles. The van der Waals surface area contributed by atoms with E-state index in [4.69, 9.17) is 4.74 Å². The van der Waals surface area contributed by atoms with E-state index in [1.54, 1.807) is 37.1 Å². The van der Waals surface area contributed by atoms with Crippen molar-refractivity contribution in [2.45, 2.75) is 56.6 Å². The van der Waals surface area contributed by atoms with Crippen molar-refractivity contribution in [1.82, 2.24) is 9.21 Å². The number of aliphatic hydroxyl groups is 1. The van der Waals surface area contributed by atoms with Gasteiger partial charge in [0.25, 0.3) is 5.91 Å². The predicted octanol–water partition coefficient (Wildman–Crippen LogP) is 4.18. The number of allylic oxidation sites excluding steroid dienone is 2. The van der Waals surface area contributed by atoms with Crippen LogP contribution in [-0.4, -0.2) is 67.5 Å². The summed E-state index contributed by atoms with van der Waals surface area (Å²) in [6.45, 7) is 3.81. The van der Waals surface area contributed by atoms with E-state index in [0.717, 1.165) is 31.2 Å². The van der Waals surface area contributed by atoms with Gasteiger partial charge in [0.05, 0.1) is 13.2 Å². The number of likely N-dealkylation sites (N-methyl/N-ethyl adjacent to an activating group) is 1. The monoisotopic (exact) mass is 512 g/mol. The lowest BCUT2D eigenvalue weighted by Crippen LogP contribution is -2.50. The van der Waals surface area contributed by atoms with E-state index in [0.29, 0.717) is 17.9 Å². The fourth-order valence-corrected chi connectivity index (χ4v) is 6.72. The van der Waals surface area contributed by atoms with Crippen LogP contribution in [0, 0.1) is 5.92 Å². The van der Waals surface area contributed by atoms with Gasteiger partial charge >= 0.3 is 0 Å². The Balaban J connectivity index is 1.72. The van der Waals surface area contributed by atoms with Crippen molar-refractivity contribution in [2.24, 2.45) is 5.92 Å². The van der Waals surface area contributed by atoms with Crippen molar-refractivity contribution in [2.75, 3.05) is 26.7 Å². The summed E-state index contributed by atoms with van der Waals surface area (Å²) >= 11 is 0. The Bertz CT molecular complexity index is 1210. The third-order valence-electron chi connectivity index (χ3n) is 7.15. The second kappa shape index (κ2) is 11.2.